The molecule has 2 aromatic carbocycles. The van der Waals surface area contributed by atoms with Gasteiger partial charge in [-0.25, -0.2) is 4.39 Å². The number of nitrogens with zero attached hydrogens (tertiary/aromatic N) is 2. The Morgan fingerprint density at radius 2 is 1.69 bits per heavy atom. The fourth-order valence-corrected chi connectivity index (χ4v) is 3.32. The number of rotatable bonds is 5. The smallest absolute Gasteiger partial charge is 0.258 e. The van der Waals surface area contributed by atoms with Gasteiger partial charge in [0.15, 0.2) is 0 Å². The van der Waals surface area contributed by atoms with Crippen LogP contribution in [0.2, 0.25) is 10.0 Å². The van der Waals surface area contributed by atoms with E-state index in [9.17, 15) is 9.18 Å². The van der Waals surface area contributed by atoms with Crippen molar-refractivity contribution in [3.63, 3.8) is 0 Å². The van der Waals surface area contributed by atoms with E-state index < -0.39 is 5.82 Å². The normalized spacial score (nSPS) is 15.1. The number of para-hydroxylation sites is 1. The molecule has 1 fully saturated rings. The number of ether oxygens (including phenoxy) is 1. The van der Waals surface area contributed by atoms with E-state index in [1.807, 2.05) is 18.2 Å². The SMILES string of the molecule is O=C(c1c(F)cccc1Cl)N1CCN(CCOc2ccccc2Cl)CC1. The lowest BCUT2D eigenvalue weighted by Gasteiger charge is -2.34. The van der Waals surface area contributed by atoms with E-state index in [1.54, 1.807) is 11.0 Å². The standard InChI is InChI=1S/C19H19Cl2FN2O2/c20-14-4-1-2-7-17(14)26-13-12-23-8-10-24(11-9-23)19(25)18-15(21)5-3-6-16(18)22/h1-7H,8-13H2. The van der Waals surface area contributed by atoms with Crippen LogP contribution in [-0.4, -0.2) is 55.0 Å². The molecule has 4 nitrogen and oxygen atoms in total. The Bertz CT molecular complexity index is 760. The average molecular weight is 397 g/mol. The Morgan fingerprint density at radius 3 is 2.38 bits per heavy atom. The van der Waals surface area contributed by atoms with Crippen LogP contribution in [-0.2, 0) is 0 Å². The third-order valence-electron chi connectivity index (χ3n) is 4.34. The van der Waals surface area contributed by atoms with Crippen LogP contribution in [0, 0.1) is 5.82 Å². The molecule has 0 aromatic heterocycles. The van der Waals surface area contributed by atoms with Crippen LogP contribution < -0.4 is 4.74 Å². The molecule has 0 spiro atoms. The molecular weight excluding hydrogens is 378 g/mol. The van der Waals surface area contributed by atoms with Gasteiger partial charge in [-0.1, -0.05) is 41.4 Å². The third kappa shape index (κ3) is 4.47. The molecule has 1 saturated heterocycles. The van der Waals surface area contributed by atoms with Crippen LogP contribution >= 0.6 is 23.2 Å². The van der Waals surface area contributed by atoms with E-state index in [4.69, 9.17) is 27.9 Å². The molecule has 7 heteroatoms. The van der Waals surface area contributed by atoms with Gasteiger partial charge in [0.25, 0.3) is 5.91 Å². The predicted octanol–water partition coefficient (Wildman–Crippen LogP) is 3.97. The molecule has 0 unspecified atom stereocenters. The van der Waals surface area contributed by atoms with Crippen LogP contribution in [0.25, 0.3) is 0 Å². The van der Waals surface area contributed by atoms with Gasteiger partial charge in [-0.3, -0.25) is 9.69 Å². The van der Waals surface area contributed by atoms with Gasteiger partial charge >= 0.3 is 0 Å². The van der Waals surface area contributed by atoms with Crippen molar-refractivity contribution in [2.24, 2.45) is 0 Å². The first-order valence-electron chi connectivity index (χ1n) is 8.39. The zero-order chi connectivity index (χ0) is 18.5. The minimum atomic E-state index is -0.585. The second kappa shape index (κ2) is 8.71. The first-order chi connectivity index (χ1) is 12.6. The summed E-state index contributed by atoms with van der Waals surface area (Å²) in [4.78, 5) is 16.4. The molecule has 26 heavy (non-hydrogen) atoms. The molecular formula is C19H19Cl2FN2O2. The molecule has 0 N–H and O–H groups in total. The molecule has 1 heterocycles. The lowest BCUT2D eigenvalue weighted by molar-refractivity contribution is 0.0616. The first kappa shape index (κ1) is 19.0. The van der Waals surface area contributed by atoms with Crippen LogP contribution in [0.15, 0.2) is 42.5 Å². The Labute approximate surface area is 162 Å². The number of amides is 1. The van der Waals surface area contributed by atoms with Gasteiger partial charge < -0.3 is 9.64 Å². The highest BCUT2D eigenvalue weighted by molar-refractivity contribution is 6.33. The Balaban J connectivity index is 1.48. The summed E-state index contributed by atoms with van der Waals surface area (Å²) in [5, 5.41) is 0.732. The molecule has 2 aromatic rings. The number of carbonyl (C=O) groups excluding carboxylic acids is 1. The van der Waals surface area contributed by atoms with E-state index in [0.29, 0.717) is 43.6 Å². The highest BCUT2D eigenvalue weighted by Gasteiger charge is 2.25. The maximum atomic E-state index is 13.9. The van der Waals surface area contributed by atoms with Gasteiger partial charge in [0.1, 0.15) is 18.2 Å². The van der Waals surface area contributed by atoms with Crippen molar-refractivity contribution < 1.29 is 13.9 Å². The molecule has 138 valence electrons. The number of hydrogen-bond acceptors (Lipinski definition) is 3. The number of piperazine rings is 1. The molecule has 0 aliphatic carbocycles. The van der Waals surface area contributed by atoms with Crippen molar-refractivity contribution in [1.29, 1.82) is 0 Å². The van der Waals surface area contributed by atoms with Crippen molar-refractivity contribution in [2.45, 2.75) is 0 Å². The Morgan fingerprint density at radius 1 is 1.00 bits per heavy atom. The monoisotopic (exact) mass is 396 g/mol. The maximum Gasteiger partial charge on any atom is 0.258 e. The molecule has 0 bridgehead atoms. The van der Waals surface area contributed by atoms with Gasteiger partial charge in [0.05, 0.1) is 15.6 Å². The number of hydrogen-bond donors (Lipinski definition) is 0. The van der Waals surface area contributed by atoms with Crippen molar-refractivity contribution in [3.8, 4) is 5.75 Å². The number of benzene rings is 2. The summed E-state index contributed by atoms with van der Waals surface area (Å²) in [7, 11) is 0. The highest BCUT2D eigenvalue weighted by atomic mass is 35.5. The fraction of sp³-hybridized carbons (Fsp3) is 0.316. The first-order valence-corrected chi connectivity index (χ1v) is 9.15. The quantitative estimate of drug-likeness (QED) is 0.766. The summed E-state index contributed by atoms with van der Waals surface area (Å²) >= 11 is 12.0. The predicted molar refractivity (Wildman–Crippen MR) is 101 cm³/mol. The van der Waals surface area contributed by atoms with Gasteiger partial charge in [-0.05, 0) is 24.3 Å². The van der Waals surface area contributed by atoms with E-state index in [-0.39, 0.29) is 16.5 Å². The Hall–Kier alpha value is -1.82. The van der Waals surface area contributed by atoms with Crippen molar-refractivity contribution in [1.82, 2.24) is 9.80 Å². The van der Waals surface area contributed by atoms with Crippen LogP contribution in [0.4, 0.5) is 4.39 Å². The second-order valence-corrected chi connectivity index (χ2v) is 6.82. The molecule has 3 rings (SSSR count). The molecule has 0 atom stereocenters. The second-order valence-electron chi connectivity index (χ2n) is 6.01. The molecule has 1 aliphatic heterocycles. The van der Waals surface area contributed by atoms with Crippen molar-refractivity contribution in [2.75, 3.05) is 39.3 Å². The minimum Gasteiger partial charge on any atom is -0.491 e. The summed E-state index contributed by atoms with van der Waals surface area (Å²) < 4.78 is 19.6. The van der Waals surface area contributed by atoms with E-state index >= 15 is 0 Å². The van der Waals surface area contributed by atoms with Gasteiger partial charge in [0.2, 0.25) is 0 Å². The van der Waals surface area contributed by atoms with Gasteiger partial charge in [0, 0.05) is 32.7 Å². The van der Waals surface area contributed by atoms with Gasteiger partial charge in [-0.15, -0.1) is 0 Å². The Kier molecular flexibility index (Phi) is 6.35. The molecule has 1 aliphatic rings. The van der Waals surface area contributed by atoms with Crippen LogP contribution in [0.3, 0.4) is 0 Å². The summed E-state index contributed by atoms with van der Waals surface area (Å²) in [6, 6.07) is 11.6. The molecule has 0 saturated carbocycles. The van der Waals surface area contributed by atoms with E-state index in [1.165, 1.54) is 18.2 Å². The zero-order valence-corrected chi connectivity index (χ0v) is 15.6. The summed E-state index contributed by atoms with van der Waals surface area (Å²) in [6.45, 7) is 3.68. The topological polar surface area (TPSA) is 32.8 Å². The third-order valence-corrected chi connectivity index (χ3v) is 4.97. The maximum absolute atomic E-state index is 13.9. The van der Waals surface area contributed by atoms with Crippen molar-refractivity contribution >= 4 is 29.1 Å². The zero-order valence-electron chi connectivity index (χ0n) is 14.1. The lowest BCUT2D eigenvalue weighted by atomic mass is 10.1. The fourth-order valence-electron chi connectivity index (χ4n) is 2.88. The highest BCUT2D eigenvalue weighted by Crippen LogP contribution is 2.23. The van der Waals surface area contributed by atoms with E-state index in [0.717, 1.165) is 6.54 Å². The van der Waals surface area contributed by atoms with Gasteiger partial charge in [-0.2, -0.15) is 0 Å². The minimum absolute atomic E-state index is 0.0512. The van der Waals surface area contributed by atoms with Crippen LogP contribution in [0.5, 0.6) is 5.75 Å². The summed E-state index contributed by atoms with van der Waals surface area (Å²) in [5.74, 6) is -0.282. The summed E-state index contributed by atoms with van der Waals surface area (Å²) in [5.41, 5.74) is -0.0512. The molecule has 1 amide bonds. The largest absolute Gasteiger partial charge is 0.491 e. The summed E-state index contributed by atoms with van der Waals surface area (Å²) in [6.07, 6.45) is 0. The lowest BCUT2D eigenvalue weighted by Crippen LogP contribution is -2.49. The number of carbonyl (C=O) groups is 1. The number of halogens is 3. The van der Waals surface area contributed by atoms with Crippen molar-refractivity contribution in [3.05, 3.63) is 63.9 Å². The molecule has 0 radical (unpaired) electrons. The van der Waals surface area contributed by atoms with Crippen LogP contribution in [0.1, 0.15) is 10.4 Å². The van der Waals surface area contributed by atoms with E-state index in [2.05, 4.69) is 4.90 Å². The average Bonchev–Trinajstić information content (AvgIpc) is 2.63.